The van der Waals surface area contributed by atoms with Gasteiger partial charge in [0.2, 0.25) is 0 Å². The SMILES string of the molecule is CCC1(C)CNC2(CCCCC2)CN1Cc1cncs1. The van der Waals surface area contributed by atoms with Gasteiger partial charge in [0, 0.05) is 41.8 Å². The summed E-state index contributed by atoms with van der Waals surface area (Å²) in [7, 11) is 0. The largest absolute Gasteiger partial charge is 0.308 e. The van der Waals surface area contributed by atoms with Crippen LogP contribution in [-0.4, -0.2) is 34.1 Å². The molecule has 1 aliphatic heterocycles. The van der Waals surface area contributed by atoms with Crippen LogP contribution in [0.15, 0.2) is 11.7 Å². The zero-order valence-electron chi connectivity index (χ0n) is 12.8. The van der Waals surface area contributed by atoms with Gasteiger partial charge in [-0.3, -0.25) is 9.88 Å². The molecule has 0 amide bonds. The summed E-state index contributed by atoms with van der Waals surface area (Å²) in [6, 6.07) is 0. The van der Waals surface area contributed by atoms with Crippen molar-refractivity contribution in [3.05, 3.63) is 16.6 Å². The van der Waals surface area contributed by atoms with Gasteiger partial charge in [-0.15, -0.1) is 11.3 Å². The summed E-state index contributed by atoms with van der Waals surface area (Å²) in [5.74, 6) is 0. The van der Waals surface area contributed by atoms with Gasteiger partial charge in [0.1, 0.15) is 0 Å². The third-order valence-corrected chi connectivity index (χ3v) is 6.27. The molecule has 2 fully saturated rings. The van der Waals surface area contributed by atoms with E-state index in [2.05, 4.69) is 29.0 Å². The van der Waals surface area contributed by atoms with Crippen LogP contribution >= 0.6 is 11.3 Å². The molecule has 1 aliphatic carbocycles. The number of aromatic nitrogens is 1. The lowest BCUT2D eigenvalue weighted by molar-refractivity contribution is -0.00674. The Morgan fingerprint density at radius 2 is 2.15 bits per heavy atom. The molecule has 3 nitrogen and oxygen atoms in total. The molecule has 1 N–H and O–H groups in total. The third kappa shape index (κ3) is 2.78. The molecule has 4 heteroatoms. The molecule has 1 saturated heterocycles. The molecule has 2 aliphatic rings. The van der Waals surface area contributed by atoms with Gasteiger partial charge >= 0.3 is 0 Å². The van der Waals surface area contributed by atoms with Crippen LogP contribution in [0.4, 0.5) is 0 Å². The van der Waals surface area contributed by atoms with Crippen molar-refractivity contribution in [2.45, 2.75) is 70.0 Å². The minimum absolute atomic E-state index is 0.284. The van der Waals surface area contributed by atoms with Gasteiger partial charge in [0.25, 0.3) is 0 Å². The van der Waals surface area contributed by atoms with Crippen LogP contribution in [0.5, 0.6) is 0 Å². The summed E-state index contributed by atoms with van der Waals surface area (Å²) in [5, 5.41) is 3.93. The highest BCUT2D eigenvalue weighted by Crippen LogP contribution is 2.36. The van der Waals surface area contributed by atoms with E-state index in [9.17, 15) is 0 Å². The second-order valence-electron chi connectivity index (χ2n) is 6.87. The Morgan fingerprint density at radius 3 is 2.80 bits per heavy atom. The van der Waals surface area contributed by atoms with E-state index in [-0.39, 0.29) is 5.54 Å². The molecule has 2 heterocycles. The number of hydrogen-bond acceptors (Lipinski definition) is 4. The van der Waals surface area contributed by atoms with Gasteiger partial charge in [0.05, 0.1) is 5.51 Å². The molecule has 3 rings (SSSR count). The van der Waals surface area contributed by atoms with Crippen molar-refractivity contribution in [3.8, 4) is 0 Å². The Balaban J connectivity index is 1.77. The maximum atomic E-state index is 4.24. The predicted molar refractivity (Wildman–Crippen MR) is 85.0 cm³/mol. The molecule has 0 bridgehead atoms. The zero-order chi connectivity index (χ0) is 14.1. The summed E-state index contributed by atoms with van der Waals surface area (Å²) >= 11 is 1.79. The fourth-order valence-corrected chi connectivity index (χ4v) is 4.38. The fourth-order valence-electron chi connectivity index (χ4n) is 3.77. The monoisotopic (exact) mass is 293 g/mol. The standard InChI is InChI=1S/C16H27N3S/c1-3-15(2)11-18-16(7-5-4-6-8-16)12-19(15)10-14-9-17-13-20-14/h9,13,18H,3-8,10-12H2,1-2H3. The zero-order valence-corrected chi connectivity index (χ0v) is 13.6. The molecule has 0 aromatic carbocycles. The number of rotatable bonds is 3. The summed E-state index contributed by atoms with van der Waals surface area (Å²) in [4.78, 5) is 8.37. The van der Waals surface area contributed by atoms with E-state index < -0.39 is 0 Å². The maximum Gasteiger partial charge on any atom is 0.0794 e. The van der Waals surface area contributed by atoms with E-state index in [0.29, 0.717) is 5.54 Å². The van der Waals surface area contributed by atoms with E-state index in [1.54, 1.807) is 11.3 Å². The van der Waals surface area contributed by atoms with Crippen molar-refractivity contribution in [2.75, 3.05) is 13.1 Å². The first-order valence-corrected chi connectivity index (χ1v) is 8.91. The first kappa shape index (κ1) is 14.5. The molecular formula is C16H27N3S. The van der Waals surface area contributed by atoms with Gasteiger partial charge < -0.3 is 5.32 Å². The van der Waals surface area contributed by atoms with Crippen molar-refractivity contribution in [1.29, 1.82) is 0 Å². The van der Waals surface area contributed by atoms with E-state index in [1.165, 1.54) is 49.9 Å². The quantitative estimate of drug-likeness (QED) is 0.925. The van der Waals surface area contributed by atoms with Crippen molar-refractivity contribution < 1.29 is 0 Å². The highest BCUT2D eigenvalue weighted by molar-refractivity contribution is 7.09. The number of nitrogens with one attached hydrogen (secondary N) is 1. The molecular weight excluding hydrogens is 266 g/mol. The van der Waals surface area contributed by atoms with E-state index in [4.69, 9.17) is 0 Å². The van der Waals surface area contributed by atoms with Gasteiger partial charge in [-0.1, -0.05) is 26.2 Å². The lowest BCUT2D eigenvalue weighted by Gasteiger charge is -2.54. The molecule has 1 saturated carbocycles. The first-order chi connectivity index (χ1) is 9.66. The topological polar surface area (TPSA) is 28.2 Å². The number of hydrogen-bond donors (Lipinski definition) is 1. The second kappa shape index (κ2) is 5.74. The fraction of sp³-hybridized carbons (Fsp3) is 0.812. The Morgan fingerprint density at radius 1 is 1.35 bits per heavy atom. The van der Waals surface area contributed by atoms with Crippen LogP contribution in [0.2, 0.25) is 0 Å². The van der Waals surface area contributed by atoms with Gasteiger partial charge in [0.15, 0.2) is 0 Å². The van der Waals surface area contributed by atoms with Crippen LogP contribution in [0.25, 0.3) is 0 Å². The second-order valence-corrected chi connectivity index (χ2v) is 7.84. The Hall–Kier alpha value is -0.450. The molecule has 112 valence electrons. The average Bonchev–Trinajstić information content (AvgIpc) is 2.97. The summed E-state index contributed by atoms with van der Waals surface area (Å²) in [6.07, 6.45) is 10.2. The lowest BCUT2D eigenvalue weighted by Crippen LogP contribution is -2.69. The normalized spacial score (nSPS) is 30.7. The predicted octanol–water partition coefficient (Wildman–Crippen LogP) is 3.42. The lowest BCUT2D eigenvalue weighted by atomic mass is 9.77. The van der Waals surface area contributed by atoms with Crippen molar-refractivity contribution >= 4 is 11.3 Å². The molecule has 1 aromatic heterocycles. The molecule has 0 radical (unpaired) electrons. The Kier molecular flexibility index (Phi) is 4.16. The summed E-state index contributed by atoms with van der Waals surface area (Å²) in [6.45, 7) is 8.13. The maximum absolute atomic E-state index is 4.24. The Labute approximate surface area is 126 Å². The number of nitrogens with zero attached hydrogens (tertiary/aromatic N) is 2. The molecule has 1 spiro atoms. The van der Waals surface area contributed by atoms with E-state index >= 15 is 0 Å². The molecule has 1 aromatic rings. The average molecular weight is 293 g/mol. The molecule has 20 heavy (non-hydrogen) atoms. The molecule has 1 unspecified atom stereocenters. The van der Waals surface area contributed by atoms with Crippen molar-refractivity contribution in [1.82, 2.24) is 15.2 Å². The minimum atomic E-state index is 0.284. The van der Waals surface area contributed by atoms with Gasteiger partial charge in [-0.2, -0.15) is 0 Å². The van der Waals surface area contributed by atoms with E-state index in [1.807, 2.05) is 11.7 Å². The van der Waals surface area contributed by atoms with Crippen LogP contribution < -0.4 is 5.32 Å². The summed E-state index contributed by atoms with van der Waals surface area (Å²) < 4.78 is 0. The van der Waals surface area contributed by atoms with Crippen molar-refractivity contribution in [2.24, 2.45) is 0 Å². The van der Waals surface area contributed by atoms with Gasteiger partial charge in [-0.25, -0.2) is 0 Å². The highest BCUT2D eigenvalue weighted by atomic mass is 32.1. The third-order valence-electron chi connectivity index (χ3n) is 5.50. The Bertz CT molecular complexity index is 425. The first-order valence-electron chi connectivity index (χ1n) is 8.03. The smallest absolute Gasteiger partial charge is 0.0794 e. The number of piperazine rings is 1. The van der Waals surface area contributed by atoms with Crippen LogP contribution in [0.1, 0.15) is 57.2 Å². The highest BCUT2D eigenvalue weighted by Gasteiger charge is 2.44. The molecule has 1 atom stereocenters. The van der Waals surface area contributed by atoms with E-state index in [0.717, 1.165) is 13.1 Å². The van der Waals surface area contributed by atoms with Crippen LogP contribution in [0, 0.1) is 0 Å². The summed E-state index contributed by atoms with van der Waals surface area (Å²) in [5.41, 5.74) is 2.63. The van der Waals surface area contributed by atoms with Gasteiger partial charge in [-0.05, 0) is 26.2 Å². The van der Waals surface area contributed by atoms with Crippen LogP contribution in [0.3, 0.4) is 0 Å². The van der Waals surface area contributed by atoms with Crippen molar-refractivity contribution in [3.63, 3.8) is 0 Å². The minimum Gasteiger partial charge on any atom is -0.308 e. The van der Waals surface area contributed by atoms with Crippen LogP contribution in [-0.2, 0) is 6.54 Å². The number of thiazole rings is 1.